The zero-order valence-electron chi connectivity index (χ0n) is 9.93. The third-order valence-corrected chi connectivity index (χ3v) is 3.61. The Labute approximate surface area is 143 Å². The zero-order chi connectivity index (χ0) is 16.2. The molecular weight excluding hydrogens is 392 g/mol. The van der Waals surface area contributed by atoms with E-state index >= 15 is 0 Å². The maximum Gasteiger partial charge on any atom is 0.344 e. The third-order valence-electron chi connectivity index (χ3n) is 1.93. The Morgan fingerprint density at radius 3 is 2.38 bits per heavy atom. The first kappa shape index (κ1) is 18.4. The number of hydrogen-bond donors (Lipinski definition) is 1. The number of hydrogen-bond acceptors (Lipinski definition) is 5. The van der Waals surface area contributed by atoms with Crippen LogP contribution in [-0.2, 0) is 9.53 Å². The lowest BCUT2D eigenvalue weighted by atomic mass is 10.4. The number of pyridine rings is 1. The number of anilines is 1. The van der Waals surface area contributed by atoms with Gasteiger partial charge in [-0.2, -0.15) is 9.37 Å². The fraction of sp³-hybridized carbons (Fsp3) is 0.200. The summed E-state index contributed by atoms with van der Waals surface area (Å²) in [5, 5.41) is -0.732. The monoisotopic (exact) mass is 396 g/mol. The van der Waals surface area contributed by atoms with Gasteiger partial charge in [0, 0.05) is 0 Å². The minimum atomic E-state index is -1.08. The SMILES string of the molecule is Nc1c(Cl)c(F)nc(OCC(=O)OCC(Cl)=C(Cl)Cl)c1Cl. The summed E-state index contributed by atoms with van der Waals surface area (Å²) in [6.07, 6.45) is 0. The average Bonchev–Trinajstić information content (AvgIpc) is 2.44. The lowest BCUT2D eigenvalue weighted by molar-refractivity contribution is -0.144. The van der Waals surface area contributed by atoms with Crippen LogP contribution in [0.5, 0.6) is 5.88 Å². The van der Waals surface area contributed by atoms with Crippen LogP contribution in [0, 0.1) is 5.95 Å². The Balaban J connectivity index is 2.64. The van der Waals surface area contributed by atoms with E-state index in [1.54, 1.807) is 0 Å². The van der Waals surface area contributed by atoms with Gasteiger partial charge in [-0.25, -0.2) is 4.79 Å². The largest absolute Gasteiger partial charge is 0.464 e. The van der Waals surface area contributed by atoms with Gasteiger partial charge in [0.1, 0.15) is 21.1 Å². The van der Waals surface area contributed by atoms with Gasteiger partial charge in [-0.05, 0) is 0 Å². The first-order valence-electron chi connectivity index (χ1n) is 5.02. The molecule has 1 rings (SSSR count). The summed E-state index contributed by atoms with van der Waals surface area (Å²) in [6.45, 7) is -0.957. The number of esters is 1. The third kappa shape index (κ3) is 5.23. The molecule has 0 fully saturated rings. The fourth-order valence-corrected chi connectivity index (χ4v) is 1.51. The molecule has 21 heavy (non-hydrogen) atoms. The predicted molar refractivity (Wildman–Crippen MR) is 79.7 cm³/mol. The van der Waals surface area contributed by atoms with Crippen molar-refractivity contribution in [2.45, 2.75) is 0 Å². The zero-order valence-corrected chi connectivity index (χ0v) is 13.7. The van der Waals surface area contributed by atoms with Crippen LogP contribution in [0.3, 0.4) is 0 Å². The highest BCUT2D eigenvalue weighted by molar-refractivity contribution is 6.59. The molecule has 0 amide bonds. The lowest BCUT2D eigenvalue weighted by Crippen LogP contribution is -2.16. The molecule has 0 bridgehead atoms. The van der Waals surface area contributed by atoms with E-state index in [0.717, 1.165) is 0 Å². The van der Waals surface area contributed by atoms with Crippen LogP contribution in [0.25, 0.3) is 0 Å². The Morgan fingerprint density at radius 1 is 1.19 bits per heavy atom. The van der Waals surface area contributed by atoms with E-state index in [1.165, 1.54) is 0 Å². The van der Waals surface area contributed by atoms with Crippen LogP contribution >= 0.6 is 58.0 Å². The second-order valence-electron chi connectivity index (χ2n) is 3.36. The second kappa shape index (κ2) is 8.10. The van der Waals surface area contributed by atoms with Crippen molar-refractivity contribution in [3.63, 3.8) is 0 Å². The Bertz CT molecular complexity index is 593. The quantitative estimate of drug-likeness (QED) is 0.601. The van der Waals surface area contributed by atoms with Gasteiger partial charge in [0.25, 0.3) is 0 Å². The molecule has 0 saturated carbocycles. The van der Waals surface area contributed by atoms with E-state index in [-0.39, 0.29) is 26.8 Å². The van der Waals surface area contributed by atoms with Crippen molar-refractivity contribution in [3.05, 3.63) is 25.5 Å². The number of nitrogen functional groups attached to an aromatic ring is 1. The number of carbonyl (C=O) groups excluding carboxylic acids is 1. The average molecular weight is 398 g/mol. The van der Waals surface area contributed by atoms with E-state index in [1.807, 2.05) is 0 Å². The maximum absolute atomic E-state index is 13.3. The van der Waals surface area contributed by atoms with Crippen LogP contribution < -0.4 is 10.5 Å². The summed E-state index contributed by atoms with van der Waals surface area (Å²) in [5.41, 5.74) is 5.17. The molecule has 0 aliphatic heterocycles. The van der Waals surface area contributed by atoms with E-state index < -0.39 is 29.4 Å². The molecule has 0 unspecified atom stereocenters. The summed E-state index contributed by atoms with van der Waals surface area (Å²) in [4.78, 5) is 14.7. The molecule has 0 aliphatic carbocycles. The molecule has 1 aromatic heterocycles. The van der Waals surface area contributed by atoms with E-state index in [4.69, 9.17) is 68.5 Å². The fourth-order valence-electron chi connectivity index (χ4n) is 0.973. The summed E-state index contributed by atoms with van der Waals surface area (Å²) in [5.74, 6) is -2.32. The second-order valence-corrected chi connectivity index (χ2v) is 5.53. The Kier molecular flexibility index (Phi) is 7.09. The molecule has 1 heterocycles. The number of halogens is 6. The van der Waals surface area contributed by atoms with E-state index in [0.29, 0.717) is 0 Å². The molecule has 0 saturated heterocycles. The van der Waals surface area contributed by atoms with Crippen LogP contribution in [0.2, 0.25) is 10.0 Å². The molecule has 0 radical (unpaired) electrons. The Hall–Kier alpha value is -0.660. The number of aromatic nitrogens is 1. The van der Waals surface area contributed by atoms with Crippen molar-refractivity contribution in [3.8, 4) is 5.88 Å². The summed E-state index contributed by atoms with van der Waals surface area (Å²) >= 11 is 27.5. The standard InChI is InChI=1S/C10H6Cl5FN2O3/c11-3(8(14)15)1-20-4(19)2-21-10-6(13)7(17)5(12)9(16)18-10/h1-2H2,(H2,17,18). The first-order valence-corrected chi connectivity index (χ1v) is 6.91. The molecule has 0 atom stereocenters. The number of nitrogens with two attached hydrogens (primary N) is 1. The predicted octanol–water partition coefficient (Wildman–Crippen LogP) is 3.92. The first-order chi connectivity index (χ1) is 9.73. The number of carbonyl (C=O) groups is 1. The Morgan fingerprint density at radius 2 is 1.81 bits per heavy atom. The molecule has 0 aromatic carbocycles. The van der Waals surface area contributed by atoms with Crippen molar-refractivity contribution in [1.29, 1.82) is 0 Å². The number of ether oxygens (including phenoxy) is 2. The van der Waals surface area contributed by atoms with Crippen molar-refractivity contribution in [1.82, 2.24) is 4.98 Å². The van der Waals surface area contributed by atoms with Gasteiger partial charge in [0.2, 0.25) is 11.8 Å². The summed E-state index contributed by atoms with van der Waals surface area (Å²) in [6, 6.07) is 0. The van der Waals surface area contributed by atoms with Gasteiger partial charge >= 0.3 is 5.97 Å². The highest BCUT2D eigenvalue weighted by atomic mass is 35.5. The van der Waals surface area contributed by atoms with Crippen molar-refractivity contribution in [2.24, 2.45) is 0 Å². The van der Waals surface area contributed by atoms with Crippen molar-refractivity contribution in [2.75, 3.05) is 18.9 Å². The molecule has 116 valence electrons. The highest BCUT2D eigenvalue weighted by Crippen LogP contribution is 2.35. The summed E-state index contributed by atoms with van der Waals surface area (Å²) in [7, 11) is 0. The molecule has 0 spiro atoms. The van der Waals surface area contributed by atoms with Gasteiger partial charge in [-0.3, -0.25) is 0 Å². The normalized spacial score (nSPS) is 10.2. The van der Waals surface area contributed by atoms with Crippen molar-refractivity contribution < 1.29 is 18.7 Å². The van der Waals surface area contributed by atoms with Crippen LogP contribution in [-0.4, -0.2) is 24.2 Å². The summed E-state index contributed by atoms with van der Waals surface area (Å²) < 4.78 is 22.6. The van der Waals surface area contributed by atoms with Crippen LogP contribution in [0.1, 0.15) is 0 Å². The molecule has 5 nitrogen and oxygen atoms in total. The molecule has 11 heteroatoms. The van der Waals surface area contributed by atoms with Gasteiger partial charge in [-0.15, -0.1) is 0 Å². The number of nitrogens with zero attached hydrogens (tertiary/aromatic N) is 1. The smallest absolute Gasteiger partial charge is 0.344 e. The minimum absolute atomic E-state index is 0.0652. The minimum Gasteiger partial charge on any atom is -0.464 e. The highest BCUT2D eigenvalue weighted by Gasteiger charge is 2.17. The van der Waals surface area contributed by atoms with E-state index in [9.17, 15) is 9.18 Å². The van der Waals surface area contributed by atoms with E-state index in [2.05, 4.69) is 9.72 Å². The number of rotatable bonds is 5. The molecule has 0 aliphatic rings. The topological polar surface area (TPSA) is 74.4 Å². The molecule has 2 N–H and O–H groups in total. The van der Waals surface area contributed by atoms with Gasteiger partial charge in [0.15, 0.2) is 6.61 Å². The molecular formula is C10H6Cl5FN2O3. The van der Waals surface area contributed by atoms with Gasteiger partial charge in [0.05, 0.1) is 10.7 Å². The molecule has 1 aromatic rings. The van der Waals surface area contributed by atoms with Crippen molar-refractivity contribution >= 4 is 69.7 Å². The van der Waals surface area contributed by atoms with Crippen LogP contribution in [0.15, 0.2) is 9.52 Å². The maximum atomic E-state index is 13.3. The van der Waals surface area contributed by atoms with Gasteiger partial charge < -0.3 is 15.2 Å². The van der Waals surface area contributed by atoms with Gasteiger partial charge in [-0.1, -0.05) is 58.0 Å². The van der Waals surface area contributed by atoms with Crippen LogP contribution in [0.4, 0.5) is 10.1 Å². The lowest BCUT2D eigenvalue weighted by Gasteiger charge is -2.09.